The summed E-state index contributed by atoms with van der Waals surface area (Å²) in [6.45, 7) is 0. The van der Waals surface area contributed by atoms with Gasteiger partial charge in [-0.15, -0.1) is 0 Å². The number of carbonyl (C=O) groups excluding carboxylic acids is 1. The molecule has 5 heteroatoms. The minimum absolute atomic E-state index is 0.0927. The standard InChI is InChI=1S/C13H16N2O3/c1-15(10-4-2-3-5-10)12(16)11-7-6-9(8-14-11)13(17)18/h6-8,10H,2-5H2,1H3,(H,17,18). The summed E-state index contributed by atoms with van der Waals surface area (Å²) in [5.74, 6) is -1.18. The third-order valence-corrected chi connectivity index (χ3v) is 3.42. The van der Waals surface area contributed by atoms with Gasteiger partial charge in [0, 0.05) is 19.3 Å². The predicted molar refractivity (Wildman–Crippen MR) is 65.5 cm³/mol. The maximum absolute atomic E-state index is 12.1. The number of amides is 1. The molecule has 96 valence electrons. The fraction of sp³-hybridized carbons (Fsp3) is 0.462. The summed E-state index contributed by atoms with van der Waals surface area (Å²) >= 11 is 0. The first-order valence-corrected chi connectivity index (χ1v) is 6.06. The van der Waals surface area contributed by atoms with E-state index in [-0.39, 0.29) is 11.5 Å². The van der Waals surface area contributed by atoms with Gasteiger partial charge in [-0.2, -0.15) is 0 Å². The molecule has 18 heavy (non-hydrogen) atoms. The van der Waals surface area contributed by atoms with Crippen molar-refractivity contribution in [3.63, 3.8) is 0 Å². The van der Waals surface area contributed by atoms with Crippen LogP contribution in [0.25, 0.3) is 0 Å². The van der Waals surface area contributed by atoms with Crippen LogP contribution in [0.5, 0.6) is 0 Å². The summed E-state index contributed by atoms with van der Waals surface area (Å²) in [5, 5.41) is 8.76. The second-order valence-corrected chi connectivity index (χ2v) is 4.59. The normalized spacial score (nSPS) is 15.6. The van der Waals surface area contributed by atoms with Gasteiger partial charge in [0.2, 0.25) is 0 Å². The molecule has 1 aromatic heterocycles. The Hall–Kier alpha value is -1.91. The van der Waals surface area contributed by atoms with Crippen molar-refractivity contribution in [1.82, 2.24) is 9.88 Å². The number of hydrogen-bond donors (Lipinski definition) is 1. The first-order valence-electron chi connectivity index (χ1n) is 6.06. The summed E-state index contributed by atoms with van der Waals surface area (Å²) in [6.07, 6.45) is 5.62. The number of nitrogens with zero attached hydrogens (tertiary/aromatic N) is 2. The summed E-state index contributed by atoms with van der Waals surface area (Å²) in [4.78, 5) is 28.5. The highest BCUT2D eigenvalue weighted by Crippen LogP contribution is 2.23. The Bertz CT molecular complexity index is 450. The minimum atomic E-state index is -1.04. The molecule has 1 N–H and O–H groups in total. The van der Waals surface area contributed by atoms with Crippen LogP contribution in [0.1, 0.15) is 46.5 Å². The van der Waals surface area contributed by atoms with Gasteiger partial charge in [0.1, 0.15) is 5.69 Å². The number of aromatic nitrogens is 1. The van der Waals surface area contributed by atoms with Crippen molar-refractivity contribution in [1.29, 1.82) is 0 Å². The molecule has 0 unspecified atom stereocenters. The van der Waals surface area contributed by atoms with Gasteiger partial charge < -0.3 is 10.0 Å². The minimum Gasteiger partial charge on any atom is -0.478 e. The van der Waals surface area contributed by atoms with E-state index >= 15 is 0 Å². The van der Waals surface area contributed by atoms with Gasteiger partial charge >= 0.3 is 5.97 Å². The molecule has 1 aromatic rings. The highest BCUT2D eigenvalue weighted by Gasteiger charge is 2.24. The molecule has 1 heterocycles. The Kier molecular flexibility index (Phi) is 3.60. The Morgan fingerprint density at radius 2 is 2.00 bits per heavy atom. The van der Waals surface area contributed by atoms with Gasteiger partial charge in [-0.1, -0.05) is 12.8 Å². The van der Waals surface area contributed by atoms with E-state index in [1.165, 1.54) is 18.3 Å². The lowest BCUT2D eigenvalue weighted by molar-refractivity contribution is 0.0690. The highest BCUT2D eigenvalue weighted by molar-refractivity contribution is 5.93. The summed E-state index contributed by atoms with van der Waals surface area (Å²) in [6, 6.07) is 3.17. The third kappa shape index (κ3) is 2.50. The Balaban J connectivity index is 2.10. The van der Waals surface area contributed by atoms with E-state index in [2.05, 4.69) is 4.98 Å². The van der Waals surface area contributed by atoms with E-state index in [4.69, 9.17) is 5.11 Å². The van der Waals surface area contributed by atoms with Crippen molar-refractivity contribution in [2.75, 3.05) is 7.05 Å². The highest BCUT2D eigenvalue weighted by atomic mass is 16.4. The van der Waals surface area contributed by atoms with Crippen molar-refractivity contribution < 1.29 is 14.7 Å². The number of carboxylic acids is 1. The van der Waals surface area contributed by atoms with Crippen LogP contribution in [-0.4, -0.2) is 40.0 Å². The van der Waals surface area contributed by atoms with Crippen LogP contribution in [0, 0.1) is 0 Å². The monoisotopic (exact) mass is 248 g/mol. The third-order valence-electron chi connectivity index (χ3n) is 3.42. The number of hydrogen-bond acceptors (Lipinski definition) is 3. The Labute approximate surface area is 105 Å². The maximum atomic E-state index is 12.1. The zero-order valence-electron chi connectivity index (χ0n) is 10.3. The predicted octanol–water partition coefficient (Wildman–Crippen LogP) is 1.79. The topological polar surface area (TPSA) is 70.5 Å². The lowest BCUT2D eigenvalue weighted by Crippen LogP contribution is -2.35. The largest absolute Gasteiger partial charge is 0.478 e. The second-order valence-electron chi connectivity index (χ2n) is 4.59. The molecule has 0 atom stereocenters. The lowest BCUT2D eigenvalue weighted by Gasteiger charge is -2.23. The molecule has 0 saturated heterocycles. The average Bonchev–Trinajstić information content (AvgIpc) is 2.91. The van der Waals surface area contributed by atoms with Gasteiger partial charge in [-0.25, -0.2) is 4.79 Å². The molecule has 1 aliphatic carbocycles. The fourth-order valence-electron chi connectivity index (χ4n) is 2.28. The number of carbonyl (C=O) groups is 2. The molecule has 2 rings (SSSR count). The number of rotatable bonds is 3. The molecule has 5 nitrogen and oxygen atoms in total. The van der Waals surface area contributed by atoms with Gasteiger partial charge in [-0.05, 0) is 25.0 Å². The Morgan fingerprint density at radius 1 is 1.33 bits per heavy atom. The van der Waals surface area contributed by atoms with Gasteiger partial charge in [0.25, 0.3) is 5.91 Å². The van der Waals surface area contributed by atoms with Crippen LogP contribution in [0.3, 0.4) is 0 Å². The molecule has 1 amide bonds. The van der Waals surface area contributed by atoms with E-state index < -0.39 is 5.97 Å². The van der Waals surface area contributed by atoms with Gasteiger partial charge in [0.05, 0.1) is 5.56 Å². The van der Waals surface area contributed by atoms with Crippen molar-refractivity contribution in [2.45, 2.75) is 31.7 Å². The molecular weight excluding hydrogens is 232 g/mol. The van der Waals surface area contributed by atoms with Crippen LogP contribution < -0.4 is 0 Å². The molecule has 0 bridgehead atoms. The van der Waals surface area contributed by atoms with Crippen molar-refractivity contribution in [3.05, 3.63) is 29.6 Å². The van der Waals surface area contributed by atoms with Crippen LogP contribution in [0.4, 0.5) is 0 Å². The summed E-state index contributed by atoms with van der Waals surface area (Å²) in [5.41, 5.74) is 0.393. The van der Waals surface area contributed by atoms with E-state index in [1.54, 1.807) is 11.9 Å². The lowest BCUT2D eigenvalue weighted by atomic mass is 10.2. The summed E-state index contributed by atoms with van der Waals surface area (Å²) < 4.78 is 0. The molecular formula is C13H16N2O3. The quantitative estimate of drug-likeness (QED) is 0.885. The van der Waals surface area contributed by atoms with E-state index in [0.29, 0.717) is 11.7 Å². The van der Waals surface area contributed by atoms with Crippen molar-refractivity contribution in [3.8, 4) is 0 Å². The van der Waals surface area contributed by atoms with E-state index in [0.717, 1.165) is 25.7 Å². The zero-order valence-corrected chi connectivity index (χ0v) is 10.3. The molecule has 0 aromatic carbocycles. The number of carboxylic acid groups (broad SMARTS) is 1. The second kappa shape index (κ2) is 5.16. The summed E-state index contributed by atoms with van der Waals surface area (Å²) in [7, 11) is 1.78. The molecule has 0 aliphatic heterocycles. The Morgan fingerprint density at radius 3 is 2.50 bits per heavy atom. The number of aromatic carboxylic acids is 1. The van der Waals surface area contributed by atoms with Crippen LogP contribution in [0.15, 0.2) is 18.3 Å². The molecule has 1 aliphatic rings. The van der Waals surface area contributed by atoms with Crippen molar-refractivity contribution >= 4 is 11.9 Å². The van der Waals surface area contributed by atoms with Gasteiger partial charge in [-0.3, -0.25) is 9.78 Å². The first kappa shape index (κ1) is 12.5. The van der Waals surface area contributed by atoms with E-state index in [9.17, 15) is 9.59 Å². The maximum Gasteiger partial charge on any atom is 0.337 e. The van der Waals surface area contributed by atoms with Crippen LogP contribution in [0.2, 0.25) is 0 Å². The van der Waals surface area contributed by atoms with Crippen LogP contribution in [-0.2, 0) is 0 Å². The first-order chi connectivity index (χ1) is 8.59. The van der Waals surface area contributed by atoms with Crippen LogP contribution >= 0.6 is 0 Å². The van der Waals surface area contributed by atoms with Crippen molar-refractivity contribution in [2.24, 2.45) is 0 Å². The molecule has 0 spiro atoms. The molecule has 0 radical (unpaired) electrons. The SMILES string of the molecule is CN(C(=O)c1ccc(C(=O)O)cn1)C1CCCC1. The smallest absolute Gasteiger partial charge is 0.337 e. The number of pyridine rings is 1. The average molecular weight is 248 g/mol. The van der Waals surface area contributed by atoms with Gasteiger partial charge in [0.15, 0.2) is 0 Å². The zero-order chi connectivity index (χ0) is 13.1. The van der Waals surface area contributed by atoms with E-state index in [1.807, 2.05) is 0 Å². The molecule has 1 fully saturated rings. The molecule has 1 saturated carbocycles. The fourth-order valence-corrected chi connectivity index (χ4v) is 2.28.